The van der Waals surface area contributed by atoms with Gasteiger partial charge in [-0.1, -0.05) is 30.3 Å². The molecule has 3 rings (SSSR count). The van der Waals surface area contributed by atoms with Gasteiger partial charge in [-0.25, -0.2) is 0 Å². The van der Waals surface area contributed by atoms with Gasteiger partial charge < -0.3 is 9.84 Å². The number of piperidine rings is 1. The highest BCUT2D eigenvalue weighted by molar-refractivity contribution is 5.91. The van der Waals surface area contributed by atoms with Crippen LogP contribution >= 0.6 is 0 Å². The van der Waals surface area contributed by atoms with Crippen molar-refractivity contribution in [3.8, 4) is 5.75 Å². The number of likely N-dealkylation sites (tertiary alicyclic amines) is 1. The number of hydrogen-bond donors (Lipinski definition) is 1. The molecular weight excluding hydrogens is 278 g/mol. The quantitative estimate of drug-likeness (QED) is 0.942. The maximum atomic E-state index is 11.2. The predicted molar refractivity (Wildman–Crippen MR) is 86.1 cm³/mol. The summed E-state index contributed by atoms with van der Waals surface area (Å²) in [5, 5.41) is 11.5. The van der Waals surface area contributed by atoms with Crippen molar-refractivity contribution in [1.82, 2.24) is 4.90 Å². The molecule has 0 amide bonds. The van der Waals surface area contributed by atoms with Crippen LogP contribution in [0.25, 0.3) is 10.8 Å². The smallest absolute Gasteiger partial charge is 0.307 e. The molecule has 1 heterocycles. The van der Waals surface area contributed by atoms with Crippen LogP contribution in [0.3, 0.4) is 0 Å². The number of rotatable bonds is 4. The molecular formula is C18H21NO3. The molecule has 0 bridgehead atoms. The molecule has 1 atom stereocenters. The van der Waals surface area contributed by atoms with E-state index in [0.29, 0.717) is 6.54 Å². The van der Waals surface area contributed by atoms with E-state index in [9.17, 15) is 9.90 Å². The second kappa shape index (κ2) is 6.36. The van der Waals surface area contributed by atoms with E-state index < -0.39 is 5.97 Å². The maximum Gasteiger partial charge on any atom is 0.307 e. The molecule has 1 aliphatic rings. The van der Waals surface area contributed by atoms with Gasteiger partial charge in [0.15, 0.2) is 0 Å². The van der Waals surface area contributed by atoms with Gasteiger partial charge in [0.05, 0.1) is 13.0 Å². The highest BCUT2D eigenvalue weighted by Crippen LogP contribution is 2.30. The SMILES string of the molecule is COc1ccc(CN2CCCC(C(=O)O)C2)c2ccccc12. The van der Waals surface area contributed by atoms with Crippen LogP contribution in [0.2, 0.25) is 0 Å². The van der Waals surface area contributed by atoms with Gasteiger partial charge in [-0.3, -0.25) is 9.69 Å². The van der Waals surface area contributed by atoms with Gasteiger partial charge in [-0.2, -0.15) is 0 Å². The van der Waals surface area contributed by atoms with E-state index >= 15 is 0 Å². The zero-order chi connectivity index (χ0) is 15.5. The summed E-state index contributed by atoms with van der Waals surface area (Å²) in [4.78, 5) is 13.5. The molecule has 4 heteroatoms. The Bertz CT molecular complexity index is 683. The minimum absolute atomic E-state index is 0.238. The lowest BCUT2D eigenvalue weighted by Crippen LogP contribution is -2.38. The van der Waals surface area contributed by atoms with E-state index in [1.165, 1.54) is 10.9 Å². The number of hydrogen-bond acceptors (Lipinski definition) is 3. The second-order valence-corrected chi connectivity index (χ2v) is 5.89. The van der Waals surface area contributed by atoms with Crippen molar-refractivity contribution in [2.24, 2.45) is 5.92 Å². The molecule has 0 spiro atoms. The van der Waals surface area contributed by atoms with E-state index in [4.69, 9.17) is 4.74 Å². The molecule has 22 heavy (non-hydrogen) atoms. The fourth-order valence-electron chi connectivity index (χ4n) is 3.29. The number of ether oxygens (including phenoxy) is 1. The summed E-state index contributed by atoms with van der Waals surface area (Å²) in [7, 11) is 1.68. The lowest BCUT2D eigenvalue weighted by Gasteiger charge is -2.31. The monoisotopic (exact) mass is 299 g/mol. The zero-order valence-corrected chi connectivity index (χ0v) is 12.8. The van der Waals surface area contributed by atoms with Crippen LogP contribution in [0.4, 0.5) is 0 Å². The van der Waals surface area contributed by atoms with Crippen molar-refractivity contribution in [3.05, 3.63) is 42.0 Å². The minimum Gasteiger partial charge on any atom is -0.496 e. The van der Waals surface area contributed by atoms with Crippen molar-refractivity contribution in [1.29, 1.82) is 0 Å². The second-order valence-electron chi connectivity index (χ2n) is 5.89. The number of nitrogens with zero attached hydrogens (tertiary/aromatic N) is 1. The average molecular weight is 299 g/mol. The molecule has 0 aliphatic carbocycles. The van der Waals surface area contributed by atoms with Crippen LogP contribution in [-0.4, -0.2) is 36.2 Å². The third-order valence-corrected chi connectivity index (χ3v) is 4.44. The Morgan fingerprint density at radius 2 is 2.05 bits per heavy atom. The Labute approximate surface area is 130 Å². The third-order valence-electron chi connectivity index (χ3n) is 4.44. The van der Waals surface area contributed by atoms with Crippen molar-refractivity contribution in [3.63, 3.8) is 0 Å². The van der Waals surface area contributed by atoms with Gasteiger partial charge in [0, 0.05) is 18.5 Å². The van der Waals surface area contributed by atoms with E-state index in [0.717, 1.165) is 37.1 Å². The molecule has 1 aliphatic heterocycles. The summed E-state index contributed by atoms with van der Waals surface area (Å²) in [5.41, 5.74) is 1.22. The molecule has 116 valence electrons. The van der Waals surface area contributed by atoms with Gasteiger partial charge in [0.25, 0.3) is 0 Å². The number of methoxy groups -OCH3 is 1. The standard InChI is InChI=1S/C18H21NO3/c1-22-17-9-8-13(15-6-2-3-7-16(15)17)11-19-10-4-5-14(12-19)18(20)21/h2-3,6-9,14H,4-5,10-12H2,1H3,(H,20,21). The molecule has 4 nitrogen and oxygen atoms in total. The lowest BCUT2D eigenvalue weighted by atomic mass is 9.97. The zero-order valence-electron chi connectivity index (χ0n) is 12.8. The number of carboxylic acid groups (broad SMARTS) is 1. The van der Waals surface area contributed by atoms with Crippen molar-refractivity contribution in [2.75, 3.05) is 20.2 Å². The molecule has 0 aromatic heterocycles. The number of benzene rings is 2. The minimum atomic E-state index is -0.677. The van der Waals surface area contributed by atoms with Crippen molar-refractivity contribution < 1.29 is 14.6 Å². The Morgan fingerprint density at radius 1 is 1.27 bits per heavy atom. The summed E-state index contributed by atoms with van der Waals surface area (Å²) in [6.45, 7) is 2.38. The van der Waals surface area contributed by atoms with Crippen LogP contribution < -0.4 is 4.74 Å². The van der Waals surface area contributed by atoms with Crippen LogP contribution in [0.15, 0.2) is 36.4 Å². The molecule has 1 unspecified atom stereocenters. The molecule has 0 saturated carbocycles. The maximum absolute atomic E-state index is 11.2. The number of aliphatic carboxylic acids is 1. The Kier molecular flexibility index (Phi) is 4.29. The average Bonchev–Trinajstić information content (AvgIpc) is 2.55. The first-order valence-corrected chi connectivity index (χ1v) is 7.69. The number of fused-ring (bicyclic) bond motifs is 1. The van der Waals surface area contributed by atoms with Crippen LogP contribution in [-0.2, 0) is 11.3 Å². The summed E-state index contributed by atoms with van der Waals surface area (Å²) in [6, 6.07) is 12.3. The third kappa shape index (κ3) is 2.92. The summed E-state index contributed by atoms with van der Waals surface area (Å²) in [6.07, 6.45) is 1.74. The van der Waals surface area contributed by atoms with Crippen molar-refractivity contribution >= 4 is 16.7 Å². The fraction of sp³-hybridized carbons (Fsp3) is 0.389. The van der Waals surface area contributed by atoms with Gasteiger partial charge in [-0.05, 0) is 36.4 Å². The highest BCUT2D eigenvalue weighted by Gasteiger charge is 2.25. The molecule has 1 fully saturated rings. The predicted octanol–water partition coefficient (Wildman–Crippen LogP) is 3.15. The van der Waals surface area contributed by atoms with E-state index in [2.05, 4.69) is 23.1 Å². The van der Waals surface area contributed by atoms with E-state index in [1.807, 2.05) is 18.2 Å². The first-order valence-electron chi connectivity index (χ1n) is 7.69. The first-order chi connectivity index (χ1) is 10.7. The van der Waals surface area contributed by atoms with E-state index in [1.54, 1.807) is 7.11 Å². The first kappa shape index (κ1) is 14.9. The van der Waals surface area contributed by atoms with Gasteiger partial charge in [0.2, 0.25) is 0 Å². The molecule has 1 saturated heterocycles. The van der Waals surface area contributed by atoms with Gasteiger partial charge in [0.1, 0.15) is 5.75 Å². The fourth-order valence-corrected chi connectivity index (χ4v) is 3.29. The van der Waals surface area contributed by atoms with Gasteiger partial charge in [-0.15, -0.1) is 0 Å². The topological polar surface area (TPSA) is 49.8 Å². The summed E-state index contributed by atoms with van der Waals surface area (Å²) >= 11 is 0. The highest BCUT2D eigenvalue weighted by atomic mass is 16.5. The van der Waals surface area contributed by atoms with Crippen LogP contribution in [0, 0.1) is 5.92 Å². The molecule has 0 radical (unpaired) electrons. The Hall–Kier alpha value is -2.07. The van der Waals surface area contributed by atoms with Crippen LogP contribution in [0.5, 0.6) is 5.75 Å². The lowest BCUT2D eigenvalue weighted by molar-refractivity contribution is -0.143. The van der Waals surface area contributed by atoms with Crippen molar-refractivity contribution in [2.45, 2.75) is 19.4 Å². The number of carbonyl (C=O) groups is 1. The Morgan fingerprint density at radius 3 is 2.77 bits per heavy atom. The molecule has 2 aromatic rings. The summed E-state index contributed by atoms with van der Waals surface area (Å²) in [5.74, 6) is -0.0380. The van der Waals surface area contributed by atoms with Gasteiger partial charge >= 0.3 is 5.97 Å². The van der Waals surface area contributed by atoms with E-state index in [-0.39, 0.29) is 5.92 Å². The normalized spacial score (nSPS) is 19.2. The number of carboxylic acids is 1. The largest absolute Gasteiger partial charge is 0.496 e. The Balaban J connectivity index is 1.86. The van der Waals surface area contributed by atoms with Crippen LogP contribution in [0.1, 0.15) is 18.4 Å². The summed E-state index contributed by atoms with van der Waals surface area (Å²) < 4.78 is 5.43. The molecule has 2 aromatic carbocycles. The molecule has 1 N–H and O–H groups in total.